The molecule has 1 N–H and O–H groups in total. The molecule has 2 aromatic heterocycles. The van der Waals surface area contributed by atoms with E-state index in [4.69, 9.17) is 4.74 Å². The van der Waals surface area contributed by atoms with Gasteiger partial charge >= 0.3 is 0 Å². The van der Waals surface area contributed by atoms with Gasteiger partial charge < -0.3 is 10.1 Å². The summed E-state index contributed by atoms with van der Waals surface area (Å²) in [4.78, 5) is 17.0. The summed E-state index contributed by atoms with van der Waals surface area (Å²) in [5.74, 6) is 1.35. The number of ether oxygens (including phenoxy) is 1. The van der Waals surface area contributed by atoms with Gasteiger partial charge in [0.25, 0.3) is 0 Å². The molecular weight excluding hydrogens is 434 g/mol. The van der Waals surface area contributed by atoms with Gasteiger partial charge in [0, 0.05) is 29.3 Å². The SMILES string of the molecule is CCOc1ccc(NC(=O)C(C)Sc2nnc(-c3ccncc3)n2-c2ccc(C)cc2)cc1. The number of carbonyl (C=O) groups is 1. The van der Waals surface area contributed by atoms with Crippen molar-refractivity contribution in [2.24, 2.45) is 0 Å². The highest BCUT2D eigenvalue weighted by molar-refractivity contribution is 8.00. The van der Waals surface area contributed by atoms with Gasteiger partial charge in [-0.1, -0.05) is 29.5 Å². The van der Waals surface area contributed by atoms with E-state index in [1.165, 1.54) is 11.8 Å². The van der Waals surface area contributed by atoms with Crippen LogP contribution in [0, 0.1) is 6.92 Å². The molecule has 2 aromatic carbocycles. The third kappa shape index (κ3) is 5.40. The normalized spacial score (nSPS) is 11.7. The number of hydrogen-bond donors (Lipinski definition) is 1. The fourth-order valence-electron chi connectivity index (χ4n) is 3.22. The summed E-state index contributed by atoms with van der Waals surface area (Å²) in [6.07, 6.45) is 3.45. The first-order valence-corrected chi connectivity index (χ1v) is 11.6. The van der Waals surface area contributed by atoms with Crippen molar-refractivity contribution >= 4 is 23.4 Å². The number of pyridine rings is 1. The van der Waals surface area contributed by atoms with Crippen LogP contribution in [0.1, 0.15) is 19.4 Å². The number of nitrogens with zero attached hydrogens (tertiary/aromatic N) is 4. The number of hydrogen-bond acceptors (Lipinski definition) is 6. The smallest absolute Gasteiger partial charge is 0.237 e. The first-order chi connectivity index (χ1) is 16.0. The largest absolute Gasteiger partial charge is 0.494 e. The van der Waals surface area contributed by atoms with Crippen LogP contribution in [0.5, 0.6) is 5.75 Å². The minimum atomic E-state index is -0.393. The van der Waals surface area contributed by atoms with E-state index < -0.39 is 5.25 Å². The van der Waals surface area contributed by atoms with E-state index in [1.54, 1.807) is 12.4 Å². The summed E-state index contributed by atoms with van der Waals surface area (Å²) in [5.41, 5.74) is 3.71. The molecule has 0 saturated heterocycles. The summed E-state index contributed by atoms with van der Waals surface area (Å²) in [5, 5.41) is 12.0. The molecule has 0 radical (unpaired) electrons. The Balaban J connectivity index is 1.57. The molecule has 0 aliphatic carbocycles. The number of carbonyl (C=O) groups excluding carboxylic acids is 1. The van der Waals surface area contributed by atoms with Crippen molar-refractivity contribution < 1.29 is 9.53 Å². The summed E-state index contributed by atoms with van der Waals surface area (Å²) in [6.45, 7) is 6.43. The van der Waals surface area contributed by atoms with E-state index in [-0.39, 0.29) is 5.91 Å². The summed E-state index contributed by atoms with van der Waals surface area (Å²) >= 11 is 1.36. The number of thioether (sulfide) groups is 1. The second-order valence-electron chi connectivity index (χ2n) is 7.42. The topological polar surface area (TPSA) is 81.9 Å². The Kier molecular flexibility index (Phi) is 7.04. The Labute approximate surface area is 197 Å². The molecule has 1 amide bonds. The van der Waals surface area contributed by atoms with E-state index in [1.807, 2.05) is 86.0 Å². The number of nitrogens with one attached hydrogen (secondary N) is 1. The van der Waals surface area contributed by atoms with Crippen molar-refractivity contribution in [1.29, 1.82) is 0 Å². The number of benzene rings is 2. The second-order valence-corrected chi connectivity index (χ2v) is 8.73. The molecule has 2 heterocycles. The first-order valence-electron chi connectivity index (χ1n) is 10.7. The quantitative estimate of drug-likeness (QED) is 0.367. The van der Waals surface area contributed by atoms with E-state index in [9.17, 15) is 4.79 Å². The zero-order valence-electron chi connectivity index (χ0n) is 18.7. The van der Waals surface area contributed by atoms with E-state index >= 15 is 0 Å². The number of aromatic nitrogens is 4. The summed E-state index contributed by atoms with van der Waals surface area (Å²) in [6, 6.07) is 19.3. The molecule has 1 unspecified atom stereocenters. The van der Waals surface area contributed by atoms with Crippen molar-refractivity contribution in [1.82, 2.24) is 19.7 Å². The lowest BCUT2D eigenvalue weighted by Gasteiger charge is -2.14. The lowest BCUT2D eigenvalue weighted by Crippen LogP contribution is -2.22. The molecule has 4 rings (SSSR count). The maximum absolute atomic E-state index is 12.9. The van der Waals surface area contributed by atoms with Gasteiger partial charge in [-0.05, 0) is 69.3 Å². The van der Waals surface area contributed by atoms with Crippen molar-refractivity contribution in [2.45, 2.75) is 31.2 Å². The summed E-state index contributed by atoms with van der Waals surface area (Å²) in [7, 11) is 0. The Morgan fingerprint density at radius 2 is 1.73 bits per heavy atom. The highest BCUT2D eigenvalue weighted by Gasteiger charge is 2.22. The molecule has 0 aliphatic heterocycles. The lowest BCUT2D eigenvalue weighted by atomic mass is 10.2. The van der Waals surface area contributed by atoms with Crippen LogP contribution in [0.4, 0.5) is 5.69 Å². The molecule has 1 atom stereocenters. The Morgan fingerprint density at radius 1 is 1.03 bits per heavy atom. The van der Waals surface area contributed by atoms with Gasteiger partial charge in [-0.25, -0.2) is 0 Å². The molecule has 0 fully saturated rings. The summed E-state index contributed by atoms with van der Waals surface area (Å²) < 4.78 is 7.43. The van der Waals surface area contributed by atoms with Gasteiger partial charge in [0.05, 0.1) is 11.9 Å². The predicted octanol–water partition coefficient (Wildman–Crippen LogP) is 5.16. The molecule has 4 aromatic rings. The zero-order valence-corrected chi connectivity index (χ0v) is 19.5. The second kappa shape index (κ2) is 10.3. The van der Waals surface area contributed by atoms with Crippen LogP contribution in [0.15, 0.2) is 78.2 Å². The third-order valence-electron chi connectivity index (χ3n) is 4.95. The molecule has 0 bridgehead atoms. The number of rotatable bonds is 8. The van der Waals surface area contributed by atoms with Gasteiger partial charge in [0.2, 0.25) is 5.91 Å². The van der Waals surface area contributed by atoms with E-state index in [0.717, 1.165) is 22.6 Å². The number of amides is 1. The molecular formula is C25H25N5O2S. The van der Waals surface area contributed by atoms with Crippen LogP contribution >= 0.6 is 11.8 Å². The molecule has 0 aliphatic rings. The maximum atomic E-state index is 12.9. The Hall–Kier alpha value is -3.65. The fraction of sp³-hybridized carbons (Fsp3) is 0.200. The van der Waals surface area contributed by atoms with Crippen LogP contribution in [-0.2, 0) is 4.79 Å². The average Bonchev–Trinajstić information content (AvgIpc) is 3.25. The highest BCUT2D eigenvalue weighted by atomic mass is 32.2. The van der Waals surface area contributed by atoms with Crippen LogP contribution in [-0.4, -0.2) is 37.5 Å². The van der Waals surface area contributed by atoms with Crippen molar-refractivity contribution in [3.05, 3.63) is 78.6 Å². The Bertz CT molecular complexity index is 1210. The van der Waals surface area contributed by atoms with Crippen LogP contribution in [0.25, 0.3) is 17.1 Å². The number of anilines is 1. The van der Waals surface area contributed by atoms with E-state index in [2.05, 4.69) is 20.5 Å². The lowest BCUT2D eigenvalue weighted by molar-refractivity contribution is -0.115. The van der Waals surface area contributed by atoms with Gasteiger partial charge in [-0.15, -0.1) is 10.2 Å². The molecule has 0 saturated carbocycles. The first kappa shape index (κ1) is 22.5. The van der Waals surface area contributed by atoms with Crippen LogP contribution < -0.4 is 10.1 Å². The van der Waals surface area contributed by atoms with Crippen molar-refractivity contribution in [3.8, 4) is 22.8 Å². The molecule has 7 nitrogen and oxygen atoms in total. The van der Waals surface area contributed by atoms with Crippen molar-refractivity contribution in [2.75, 3.05) is 11.9 Å². The van der Waals surface area contributed by atoms with Gasteiger partial charge in [-0.3, -0.25) is 14.3 Å². The number of aryl methyl sites for hydroxylation is 1. The minimum Gasteiger partial charge on any atom is -0.494 e. The Morgan fingerprint density at radius 3 is 2.39 bits per heavy atom. The van der Waals surface area contributed by atoms with Crippen LogP contribution in [0.2, 0.25) is 0 Å². The van der Waals surface area contributed by atoms with Crippen molar-refractivity contribution in [3.63, 3.8) is 0 Å². The monoisotopic (exact) mass is 459 g/mol. The molecule has 33 heavy (non-hydrogen) atoms. The molecule has 8 heteroatoms. The maximum Gasteiger partial charge on any atom is 0.237 e. The minimum absolute atomic E-state index is 0.118. The van der Waals surface area contributed by atoms with Gasteiger partial charge in [-0.2, -0.15) is 0 Å². The van der Waals surface area contributed by atoms with E-state index in [0.29, 0.717) is 23.3 Å². The predicted molar refractivity (Wildman–Crippen MR) is 131 cm³/mol. The fourth-order valence-corrected chi connectivity index (χ4v) is 4.08. The molecule has 168 valence electrons. The van der Waals surface area contributed by atoms with Crippen LogP contribution in [0.3, 0.4) is 0 Å². The zero-order chi connectivity index (χ0) is 23.2. The average molecular weight is 460 g/mol. The standard InChI is InChI=1S/C25H25N5O2S/c1-4-32-22-11-7-20(8-12-22)27-24(31)18(3)33-25-29-28-23(19-13-15-26-16-14-19)30(25)21-9-5-17(2)6-10-21/h5-16,18H,4H2,1-3H3,(H,27,31). The molecule has 0 spiro atoms. The van der Waals surface area contributed by atoms with Gasteiger partial charge in [0.15, 0.2) is 11.0 Å². The van der Waals surface area contributed by atoms with Gasteiger partial charge in [0.1, 0.15) is 5.75 Å². The highest BCUT2D eigenvalue weighted by Crippen LogP contribution is 2.30. The third-order valence-corrected chi connectivity index (χ3v) is 5.99.